The number of rotatable bonds is 4. The predicted octanol–water partition coefficient (Wildman–Crippen LogP) is 2.24. The lowest BCUT2D eigenvalue weighted by Gasteiger charge is -2.09. The number of carboxylic acid groups (broad SMARTS) is 1. The van der Waals surface area contributed by atoms with E-state index in [1.165, 1.54) is 18.3 Å². The van der Waals surface area contributed by atoms with Crippen molar-refractivity contribution in [3.63, 3.8) is 0 Å². The second-order valence-electron chi connectivity index (χ2n) is 4.35. The van der Waals surface area contributed by atoms with Gasteiger partial charge in [0.15, 0.2) is 0 Å². The van der Waals surface area contributed by atoms with Crippen molar-refractivity contribution >= 4 is 17.6 Å². The summed E-state index contributed by atoms with van der Waals surface area (Å²) in [5.41, 5.74) is -0.864. The third kappa shape index (κ3) is 3.84. The fourth-order valence-corrected chi connectivity index (χ4v) is 1.68. The molecule has 0 saturated carbocycles. The molecule has 116 valence electrons. The number of aromatic nitrogens is 2. The summed E-state index contributed by atoms with van der Waals surface area (Å²) < 4.78 is 38.7. The van der Waals surface area contributed by atoms with Gasteiger partial charge in [-0.25, -0.2) is 0 Å². The normalized spacial score (nSPS) is 11.2. The number of aliphatic carboxylic acids is 1. The molecule has 1 amide bonds. The lowest BCUT2D eigenvalue weighted by Crippen LogP contribution is -2.13. The summed E-state index contributed by atoms with van der Waals surface area (Å²) >= 11 is 0. The highest BCUT2D eigenvalue weighted by Crippen LogP contribution is 2.30. The van der Waals surface area contributed by atoms with E-state index >= 15 is 0 Å². The van der Waals surface area contributed by atoms with Crippen LogP contribution < -0.4 is 5.32 Å². The van der Waals surface area contributed by atoms with Crippen LogP contribution in [0.4, 0.5) is 18.9 Å². The Kier molecular flexibility index (Phi) is 4.15. The van der Waals surface area contributed by atoms with Crippen LogP contribution in [0.15, 0.2) is 36.7 Å². The quantitative estimate of drug-likeness (QED) is 0.906. The maximum atomic E-state index is 12.6. The van der Waals surface area contributed by atoms with E-state index in [9.17, 15) is 22.8 Å². The number of anilines is 1. The molecule has 2 N–H and O–H groups in total. The maximum Gasteiger partial charge on any atom is 0.416 e. The van der Waals surface area contributed by atoms with E-state index in [-0.39, 0.29) is 11.3 Å². The Morgan fingerprint density at radius 3 is 2.68 bits per heavy atom. The zero-order valence-electron chi connectivity index (χ0n) is 11.0. The minimum atomic E-state index is -4.51. The number of hydrogen-bond donors (Lipinski definition) is 2. The molecule has 0 fully saturated rings. The molecule has 0 atom stereocenters. The van der Waals surface area contributed by atoms with E-state index in [0.717, 1.165) is 23.0 Å². The Balaban J connectivity index is 2.12. The number of carboxylic acids is 1. The third-order valence-corrected chi connectivity index (χ3v) is 2.64. The van der Waals surface area contributed by atoms with Gasteiger partial charge < -0.3 is 10.4 Å². The molecule has 0 bridgehead atoms. The van der Waals surface area contributed by atoms with Crippen LogP contribution in [-0.4, -0.2) is 26.8 Å². The Morgan fingerprint density at radius 1 is 1.32 bits per heavy atom. The summed E-state index contributed by atoms with van der Waals surface area (Å²) in [4.78, 5) is 22.4. The van der Waals surface area contributed by atoms with Crippen molar-refractivity contribution in [1.29, 1.82) is 0 Å². The molecule has 2 rings (SSSR count). The number of benzene rings is 1. The van der Waals surface area contributed by atoms with Crippen molar-refractivity contribution in [3.8, 4) is 0 Å². The van der Waals surface area contributed by atoms with E-state index in [0.29, 0.717) is 0 Å². The minimum Gasteiger partial charge on any atom is -0.480 e. The molecule has 1 heterocycles. The molecule has 0 radical (unpaired) electrons. The van der Waals surface area contributed by atoms with Crippen LogP contribution in [0.5, 0.6) is 0 Å². The smallest absolute Gasteiger partial charge is 0.416 e. The fraction of sp³-hybridized carbons (Fsp3) is 0.154. The first-order valence-corrected chi connectivity index (χ1v) is 5.98. The zero-order chi connectivity index (χ0) is 16.3. The fourth-order valence-electron chi connectivity index (χ4n) is 1.68. The van der Waals surface area contributed by atoms with Gasteiger partial charge in [0.05, 0.1) is 17.3 Å². The van der Waals surface area contributed by atoms with Gasteiger partial charge in [-0.05, 0) is 18.2 Å². The molecule has 6 nitrogen and oxygen atoms in total. The van der Waals surface area contributed by atoms with Crippen molar-refractivity contribution in [2.75, 3.05) is 5.32 Å². The Labute approximate surface area is 122 Å². The Morgan fingerprint density at radius 2 is 2.05 bits per heavy atom. The number of alkyl halides is 3. The van der Waals surface area contributed by atoms with Crippen LogP contribution in [0, 0.1) is 0 Å². The second-order valence-corrected chi connectivity index (χ2v) is 4.35. The van der Waals surface area contributed by atoms with Gasteiger partial charge in [-0.2, -0.15) is 18.3 Å². The summed E-state index contributed by atoms with van der Waals surface area (Å²) in [6.07, 6.45) is -2.18. The van der Waals surface area contributed by atoms with Crippen LogP contribution in [0.25, 0.3) is 0 Å². The highest BCUT2D eigenvalue weighted by Gasteiger charge is 2.30. The van der Waals surface area contributed by atoms with Crippen molar-refractivity contribution in [3.05, 3.63) is 47.8 Å². The molecule has 22 heavy (non-hydrogen) atoms. The molecule has 0 spiro atoms. The standard InChI is InChI=1S/C13H10F3N3O3/c14-13(15,16)9-2-1-3-10(4-9)18-12(22)8-5-17-19(6-8)7-11(20)21/h1-6H,7H2,(H,18,22)(H,20,21). The maximum absolute atomic E-state index is 12.6. The summed E-state index contributed by atoms with van der Waals surface area (Å²) in [5, 5.41) is 14.6. The first-order valence-electron chi connectivity index (χ1n) is 5.98. The number of carbonyl (C=O) groups excluding carboxylic acids is 1. The first-order chi connectivity index (χ1) is 10.3. The second kappa shape index (κ2) is 5.88. The first kappa shape index (κ1) is 15.5. The number of carbonyl (C=O) groups is 2. The molecule has 1 aromatic carbocycles. The van der Waals surface area contributed by atoms with Gasteiger partial charge in [0.25, 0.3) is 5.91 Å². The molecule has 0 aliphatic carbocycles. The van der Waals surface area contributed by atoms with Crippen molar-refractivity contribution in [1.82, 2.24) is 9.78 Å². The monoisotopic (exact) mass is 313 g/mol. The molecule has 9 heteroatoms. The van der Waals surface area contributed by atoms with Gasteiger partial charge in [-0.1, -0.05) is 6.07 Å². The van der Waals surface area contributed by atoms with Crippen molar-refractivity contribution < 1.29 is 27.9 Å². The van der Waals surface area contributed by atoms with E-state index < -0.39 is 30.2 Å². The zero-order valence-corrected chi connectivity index (χ0v) is 11.0. The van der Waals surface area contributed by atoms with Crippen molar-refractivity contribution in [2.45, 2.75) is 12.7 Å². The van der Waals surface area contributed by atoms with Gasteiger partial charge in [0.1, 0.15) is 6.54 Å². The lowest BCUT2D eigenvalue weighted by molar-refractivity contribution is -0.138. The van der Waals surface area contributed by atoms with Gasteiger partial charge >= 0.3 is 12.1 Å². The SMILES string of the molecule is O=C(O)Cn1cc(C(=O)Nc2cccc(C(F)(F)F)c2)cn1. The number of hydrogen-bond acceptors (Lipinski definition) is 3. The Bertz CT molecular complexity index is 710. The van der Waals surface area contributed by atoms with Crippen LogP contribution >= 0.6 is 0 Å². The molecule has 0 unspecified atom stereocenters. The highest BCUT2D eigenvalue weighted by atomic mass is 19.4. The van der Waals surface area contributed by atoms with Crippen LogP contribution in [0.3, 0.4) is 0 Å². The molecule has 0 aliphatic rings. The molecular weight excluding hydrogens is 303 g/mol. The topological polar surface area (TPSA) is 84.2 Å². The van der Waals surface area contributed by atoms with Gasteiger partial charge in [-0.3, -0.25) is 14.3 Å². The summed E-state index contributed by atoms with van der Waals surface area (Å²) in [7, 11) is 0. The lowest BCUT2D eigenvalue weighted by atomic mass is 10.2. The highest BCUT2D eigenvalue weighted by molar-refractivity contribution is 6.04. The average molecular weight is 313 g/mol. The molecule has 0 aliphatic heterocycles. The summed E-state index contributed by atoms with van der Waals surface area (Å²) in [5.74, 6) is -1.82. The summed E-state index contributed by atoms with van der Waals surface area (Å²) in [6.45, 7) is -0.420. The van der Waals surface area contributed by atoms with Crippen LogP contribution in [-0.2, 0) is 17.5 Å². The number of amides is 1. The average Bonchev–Trinajstić information content (AvgIpc) is 2.86. The molecule has 0 saturated heterocycles. The number of nitrogens with one attached hydrogen (secondary N) is 1. The van der Waals surface area contributed by atoms with Crippen LogP contribution in [0.1, 0.15) is 15.9 Å². The largest absolute Gasteiger partial charge is 0.480 e. The minimum absolute atomic E-state index is 0.0224. The number of nitrogens with zero attached hydrogens (tertiary/aromatic N) is 2. The molecular formula is C13H10F3N3O3. The third-order valence-electron chi connectivity index (χ3n) is 2.64. The molecule has 2 aromatic rings. The van der Waals surface area contributed by atoms with E-state index in [2.05, 4.69) is 10.4 Å². The van der Waals surface area contributed by atoms with E-state index in [1.807, 2.05) is 0 Å². The molecule has 1 aromatic heterocycles. The van der Waals surface area contributed by atoms with Crippen LogP contribution in [0.2, 0.25) is 0 Å². The predicted molar refractivity (Wildman–Crippen MR) is 69.3 cm³/mol. The van der Waals surface area contributed by atoms with Gasteiger partial charge in [-0.15, -0.1) is 0 Å². The Hall–Kier alpha value is -2.84. The van der Waals surface area contributed by atoms with Gasteiger partial charge in [0.2, 0.25) is 0 Å². The van der Waals surface area contributed by atoms with Gasteiger partial charge in [0, 0.05) is 11.9 Å². The van der Waals surface area contributed by atoms with E-state index in [4.69, 9.17) is 5.11 Å². The number of halogens is 3. The van der Waals surface area contributed by atoms with Crippen molar-refractivity contribution in [2.24, 2.45) is 0 Å². The van der Waals surface area contributed by atoms with E-state index in [1.54, 1.807) is 0 Å². The summed E-state index contributed by atoms with van der Waals surface area (Å²) in [6, 6.07) is 4.18.